The minimum Gasteiger partial charge on any atom is -0.465 e. The van der Waals surface area contributed by atoms with Gasteiger partial charge in [0.1, 0.15) is 5.82 Å². The summed E-state index contributed by atoms with van der Waals surface area (Å²) in [7, 11) is 0. The molecule has 1 aliphatic heterocycles. The number of hydrogen-bond donors (Lipinski definition) is 0. The van der Waals surface area contributed by atoms with Crippen molar-refractivity contribution in [3.05, 3.63) is 35.6 Å². The SMILES string of the molecule is CCOC(=O)CN1CCN(C(=O)c2ccc(F)cc2)CC1. The van der Waals surface area contributed by atoms with E-state index in [-0.39, 0.29) is 24.2 Å². The first-order valence-electron chi connectivity index (χ1n) is 7.03. The normalized spacial score (nSPS) is 15.8. The summed E-state index contributed by atoms with van der Waals surface area (Å²) >= 11 is 0. The van der Waals surface area contributed by atoms with Crippen molar-refractivity contribution in [1.29, 1.82) is 0 Å². The van der Waals surface area contributed by atoms with E-state index < -0.39 is 0 Å². The van der Waals surface area contributed by atoms with Crippen molar-refractivity contribution in [3.63, 3.8) is 0 Å². The first-order valence-corrected chi connectivity index (χ1v) is 7.03. The van der Waals surface area contributed by atoms with Gasteiger partial charge in [0.25, 0.3) is 5.91 Å². The molecule has 0 radical (unpaired) electrons. The zero-order valence-electron chi connectivity index (χ0n) is 12.0. The number of carbonyl (C=O) groups is 2. The maximum absolute atomic E-state index is 12.9. The Hall–Kier alpha value is -1.95. The summed E-state index contributed by atoms with van der Waals surface area (Å²) in [5.74, 6) is -0.701. The van der Waals surface area contributed by atoms with Gasteiger partial charge < -0.3 is 9.64 Å². The second-order valence-corrected chi connectivity index (χ2v) is 4.88. The summed E-state index contributed by atoms with van der Waals surface area (Å²) in [6.07, 6.45) is 0. The molecule has 1 saturated heterocycles. The van der Waals surface area contributed by atoms with Gasteiger partial charge in [0.2, 0.25) is 0 Å². The van der Waals surface area contributed by atoms with Crippen molar-refractivity contribution in [1.82, 2.24) is 9.80 Å². The lowest BCUT2D eigenvalue weighted by atomic mass is 10.2. The third kappa shape index (κ3) is 4.26. The van der Waals surface area contributed by atoms with Crippen LogP contribution in [-0.4, -0.2) is 61.0 Å². The van der Waals surface area contributed by atoms with Crippen molar-refractivity contribution in [2.45, 2.75) is 6.92 Å². The molecule has 0 spiro atoms. The van der Waals surface area contributed by atoms with Crippen molar-refractivity contribution in [3.8, 4) is 0 Å². The van der Waals surface area contributed by atoms with E-state index in [1.165, 1.54) is 24.3 Å². The highest BCUT2D eigenvalue weighted by Crippen LogP contribution is 2.10. The van der Waals surface area contributed by atoms with E-state index in [0.717, 1.165) is 0 Å². The van der Waals surface area contributed by atoms with Gasteiger partial charge in [0.05, 0.1) is 13.2 Å². The fourth-order valence-electron chi connectivity index (χ4n) is 2.27. The molecule has 1 amide bonds. The van der Waals surface area contributed by atoms with Crippen LogP contribution < -0.4 is 0 Å². The molecule has 1 heterocycles. The number of benzene rings is 1. The molecule has 1 aliphatic rings. The number of esters is 1. The highest BCUT2D eigenvalue weighted by atomic mass is 19.1. The molecule has 1 aromatic carbocycles. The Morgan fingerprint density at radius 3 is 2.33 bits per heavy atom. The van der Waals surface area contributed by atoms with Crippen molar-refractivity contribution >= 4 is 11.9 Å². The quantitative estimate of drug-likeness (QED) is 0.782. The van der Waals surface area contributed by atoms with Gasteiger partial charge in [-0.3, -0.25) is 14.5 Å². The van der Waals surface area contributed by atoms with E-state index in [2.05, 4.69) is 0 Å². The molecule has 114 valence electrons. The summed E-state index contributed by atoms with van der Waals surface area (Å²) in [6, 6.07) is 5.54. The zero-order valence-corrected chi connectivity index (χ0v) is 12.0. The molecule has 0 atom stereocenters. The zero-order chi connectivity index (χ0) is 15.2. The van der Waals surface area contributed by atoms with Crippen molar-refractivity contribution in [2.24, 2.45) is 0 Å². The largest absolute Gasteiger partial charge is 0.465 e. The third-order valence-electron chi connectivity index (χ3n) is 3.41. The van der Waals surface area contributed by atoms with Gasteiger partial charge in [-0.15, -0.1) is 0 Å². The summed E-state index contributed by atoms with van der Waals surface area (Å²) in [5.41, 5.74) is 0.482. The molecular formula is C15H19FN2O3. The number of piperazine rings is 1. The predicted molar refractivity (Wildman–Crippen MR) is 75.4 cm³/mol. The highest BCUT2D eigenvalue weighted by Gasteiger charge is 2.23. The predicted octanol–water partition coefficient (Wildman–Crippen LogP) is 1.15. The van der Waals surface area contributed by atoms with Crippen molar-refractivity contribution < 1.29 is 18.7 Å². The Labute approximate surface area is 123 Å². The van der Waals surface area contributed by atoms with E-state index in [1.807, 2.05) is 4.90 Å². The monoisotopic (exact) mass is 294 g/mol. The fourth-order valence-corrected chi connectivity index (χ4v) is 2.27. The molecule has 0 N–H and O–H groups in total. The molecule has 0 saturated carbocycles. The highest BCUT2D eigenvalue weighted by molar-refractivity contribution is 5.94. The molecule has 5 nitrogen and oxygen atoms in total. The number of rotatable bonds is 4. The minimum atomic E-state index is -0.356. The van der Waals surface area contributed by atoms with E-state index in [4.69, 9.17) is 4.74 Å². The van der Waals surface area contributed by atoms with Crippen LogP contribution in [0.1, 0.15) is 17.3 Å². The number of nitrogens with zero attached hydrogens (tertiary/aromatic N) is 2. The Morgan fingerprint density at radius 1 is 1.14 bits per heavy atom. The topological polar surface area (TPSA) is 49.9 Å². The van der Waals surface area contributed by atoms with Crippen LogP contribution in [0.5, 0.6) is 0 Å². The van der Waals surface area contributed by atoms with Gasteiger partial charge in [0.15, 0.2) is 0 Å². The number of carbonyl (C=O) groups excluding carboxylic acids is 2. The van der Waals surface area contributed by atoms with E-state index in [9.17, 15) is 14.0 Å². The lowest BCUT2D eigenvalue weighted by Crippen LogP contribution is -2.50. The van der Waals surface area contributed by atoms with Gasteiger partial charge in [-0.25, -0.2) is 4.39 Å². The lowest BCUT2D eigenvalue weighted by molar-refractivity contribution is -0.144. The van der Waals surface area contributed by atoms with Crippen LogP contribution in [0.25, 0.3) is 0 Å². The van der Waals surface area contributed by atoms with Gasteiger partial charge in [-0.05, 0) is 31.2 Å². The standard InChI is InChI=1S/C15H19FN2O3/c1-2-21-14(19)11-17-7-9-18(10-8-17)15(20)12-3-5-13(16)6-4-12/h3-6H,2,7-11H2,1H3. The molecule has 0 bridgehead atoms. The molecule has 0 unspecified atom stereocenters. The average molecular weight is 294 g/mol. The Morgan fingerprint density at radius 2 is 1.76 bits per heavy atom. The van der Waals surface area contributed by atoms with Crippen LogP contribution in [0.15, 0.2) is 24.3 Å². The van der Waals surface area contributed by atoms with Gasteiger partial charge >= 0.3 is 5.97 Å². The maximum Gasteiger partial charge on any atom is 0.320 e. The summed E-state index contributed by atoms with van der Waals surface area (Å²) in [6.45, 7) is 4.77. The van der Waals surface area contributed by atoms with E-state index in [1.54, 1.807) is 11.8 Å². The van der Waals surface area contributed by atoms with E-state index >= 15 is 0 Å². The first kappa shape index (κ1) is 15.4. The fraction of sp³-hybridized carbons (Fsp3) is 0.467. The number of ether oxygens (including phenoxy) is 1. The Balaban J connectivity index is 1.84. The van der Waals surface area contributed by atoms with E-state index in [0.29, 0.717) is 38.3 Å². The molecule has 0 aromatic heterocycles. The van der Waals surface area contributed by atoms with Crippen molar-refractivity contribution in [2.75, 3.05) is 39.3 Å². The summed E-state index contributed by atoms with van der Waals surface area (Å²) in [4.78, 5) is 27.3. The van der Waals surface area contributed by atoms with Crippen LogP contribution in [0.3, 0.4) is 0 Å². The van der Waals surface area contributed by atoms with Crippen LogP contribution in [0.2, 0.25) is 0 Å². The smallest absolute Gasteiger partial charge is 0.320 e. The summed E-state index contributed by atoms with van der Waals surface area (Å²) in [5, 5.41) is 0. The molecule has 6 heteroatoms. The molecule has 2 rings (SSSR count). The van der Waals surface area contributed by atoms with Crippen LogP contribution in [0.4, 0.5) is 4.39 Å². The molecule has 1 aromatic rings. The lowest BCUT2D eigenvalue weighted by Gasteiger charge is -2.34. The number of halogens is 1. The minimum absolute atomic E-state index is 0.106. The Bertz CT molecular complexity index is 496. The van der Waals surface area contributed by atoms with Crippen LogP contribution >= 0.6 is 0 Å². The van der Waals surface area contributed by atoms with Crippen LogP contribution in [-0.2, 0) is 9.53 Å². The molecule has 1 fully saturated rings. The van der Waals surface area contributed by atoms with Gasteiger partial charge in [0, 0.05) is 31.7 Å². The third-order valence-corrected chi connectivity index (χ3v) is 3.41. The van der Waals surface area contributed by atoms with Gasteiger partial charge in [-0.1, -0.05) is 0 Å². The average Bonchev–Trinajstić information content (AvgIpc) is 2.48. The Kier molecular flexibility index (Phi) is 5.27. The second kappa shape index (κ2) is 7.17. The number of amides is 1. The van der Waals surface area contributed by atoms with Gasteiger partial charge in [-0.2, -0.15) is 0 Å². The maximum atomic E-state index is 12.9. The first-order chi connectivity index (χ1) is 10.1. The molecule has 21 heavy (non-hydrogen) atoms. The van der Waals surface area contributed by atoms with Crippen LogP contribution in [0, 0.1) is 5.82 Å². The summed E-state index contributed by atoms with van der Waals surface area (Å²) < 4.78 is 17.8. The molecule has 0 aliphatic carbocycles. The number of hydrogen-bond acceptors (Lipinski definition) is 4. The molecular weight excluding hydrogens is 275 g/mol. The second-order valence-electron chi connectivity index (χ2n) is 4.88.